The summed E-state index contributed by atoms with van der Waals surface area (Å²) < 4.78 is 5.42. The number of ether oxygens (including phenoxy) is 1. The van der Waals surface area contributed by atoms with Crippen LogP contribution < -0.4 is 10.9 Å². The molecule has 0 saturated carbocycles. The summed E-state index contributed by atoms with van der Waals surface area (Å²) in [6.45, 7) is 8.35. The van der Waals surface area contributed by atoms with Gasteiger partial charge in [-0.05, 0) is 48.4 Å². The number of aromatic amines is 1. The lowest BCUT2D eigenvalue weighted by Gasteiger charge is -2.26. The molecule has 7 heteroatoms. The Labute approximate surface area is 218 Å². The third kappa shape index (κ3) is 8.02. The molecule has 4 rings (SSSR count). The zero-order chi connectivity index (χ0) is 25.9. The SMILES string of the molecule is CCCCNCC(Cc1nc[nH]c(=O)c1O)c1ccc(C#Cc2ccc(CN3CCOCC3)cc2)cc1. The molecule has 0 spiro atoms. The van der Waals surface area contributed by atoms with Crippen LogP contribution in [-0.2, 0) is 17.7 Å². The van der Waals surface area contributed by atoms with Gasteiger partial charge in [0.1, 0.15) is 0 Å². The van der Waals surface area contributed by atoms with Crippen molar-refractivity contribution < 1.29 is 9.84 Å². The number of hydrogen-bond acceptors (Lipinski definition) is 6. The molecule has 1 aliphatic heterocycles. The number of nitrogens with one attached hydrogen (secondary N) is 2. The lowest BCUT2D eigenvalue weighted by Crippen LogP contribution is -2.35. The molecule has 1 aromatic heterocycles. The smallest absolute Gasteiger partial charge is 0.293 e. The molecule has 3 N–H and O–H groups in total. The van der Waals surface area contributed by atoms with Crippen LogP contribution >= 0.6 is 0 Å². The Hall–Kier alpha value is -3.44. The molecular weight excluding hydrogens is 464 g/mol. The van der Waals surface area contributed by atoms with Gasteiger partial charge in [0.2, 0.25) is 5.75 Å². The first-order chi connectivity index (χ1) is 18.1. The first-order valence-corrected chi connectivity index (χ1v) is 13.1. The van der Waals surface area contributed by atoms with Crippen molar-refractivity contribution in [2.24, 2.45) is 0 Å². The number of nitrogens with zero attached hydrogens (tertiary/aromatic N) is 2. The van der Waals surface area contributed by atoms with Crippen molar-refractivity contribution in [2.75, 3.05) is 39.4 Å². The van der Waals surface area contributed by atoms with Crippen molar-refractivity contribution in [1.29, 1.82) is 0 Å². The Kier molecular flexibility index (Phi) is 9.89. The van der Waals surface area contributed by atoms with Crippen LogP contribution in [0.3, 0.4) is 0 Å². The normalized spacial score (nSPS) is 14.6. The quantitative estimate of drug-likeness (QED) is 0.292. The summed E-state index contributed by atoms with van der Waals surface area (Å²) in [4.78, 5) is 20.8. The minimum absolute atomic E-state index is 0.0677. The maximum absolute atomic E-state index is 11.8. The highest BCUT2D eigenvalue weighted by atomic mass is 16.5. The number of rotatable bonds is 10. The monoisotopic (exact) mass is 500 g/mol. The third-order valence-electron chi connectivity index (χ3n) is 6.64. The summed E-state index contributed by atoms with van der Waals surface area (Å²) in [6.07, 6.45) is 4.03. The molecule has 1 aliphatic rings. The van der Waals surface area contributed by atoms with Gasteiger partial charge in [0, 0.05) is 49.6 Å². The van der Waals surface area contributed by atoms with Crippen LogP contribution in [0.25, 0.3) is 0 Å². The van der Waals surface area contributed by atoms with Crippen molar-refractivity contribution in [3.05, 3.63) is 93.2 Å². The van der Waals surface area contributed by atoms with Crippen molar-refractivity contribution in [2.45, 2.75) is 38.6 Å². The van der Waals surface area contributed by atoms with E-state index in [0.29, 0.717) is 12.1 Å². The second kappa shape index (κ2) is 13.8. The molecule has 2 heterocycles. The van der Waals surface area contributed by atoms with Crippen LogP contribution in [0.2, 0.25) is 0 Å². The summed E-state index contributed by atoms with van der Waals surface area (Å²) in [7, 11) is 0. The predicted molar refractivity (Wildman–Crippen MR) is 146 cm³/mol. The van der Waals surface area contributed by atoms with E-state index in [2.05, 4.69) is 75.3 Å². The van der Waals surface area contributed by atoms with Crippen LogP contribution in [-0.4, -0.2) is 59.4 Å². The van der Waals surface area contributed by atoms with Gasteiger partial charge in [-0.1, -0.05) is 49.5 Å². The van der Waals surface area contributed by atoms with Crippen molar-refractivity contribution in [3.8, 4) is 17.6 Å². The largest absolute Gasteiger partial charge is 0.502 e. The zero-order valence-electron chi connectivity index (χ0n) is 21.5. The van der Waals surface area contributed by atoms with Gasteiger partial charge >= 0.3 is 0 Å². The minimum Gasteiger partial charge on any atom is -0.502 e. The van der Waals surface area contributed by atoms with E-state index in [9.17, 15) is 9.90 Å². The van der Waals surface area contributed by atoms with E-state index in [1.165, 1.54) is 11.9 Å². The molecule has 0 amide bonds. The fourth-order valence-corrected chi connectivity index (χ4v) is 4.39. The second-order valence-corrected chi connectivity index (χ2v) is 9.44. The van der Waals surface area contributed by atoms with Crippen molar-refractivity contribution >= 4 is 0 Å². The number of aromatic nitrogens is 2. The van der Waals surface area contributed by atoms with Gasteiger partial charge in [-0.25, -0.2) is 4.98 Å². The molecule has 1 unspecified atom stereocenters. The van der Waals surface area contributed by atoms with Crippen LogP contribution in [0.1, 0.15) is 53.6 Å². The molecule has 194 valence electrons. The molecule has 2 aromatic carbocycles. The van der Waals surface area contributed by atoms with Gasteiger partial charge in [-0.2, -0.15) is 0 Å². The van der Waals surface area contributed by atoms with Crippen LogP contribution in [0, 0.1) is 11.8 Å². The van der Waals surface area contributed by atoms with Crippen LogP contribution in [0.4, 0.5) is 0 Å². The van der Waals surface area contributed by atoms with E-state index < -0.39 is 5.56 Å². The van der Waals surface area contributed by atoms with Crippen molar-refractivity contribution in [3.63, 3.8) is 0 Å². The maximum Gasteiger partial charge on any atom is 0.293 e. The molecule has 1 atom stereocenters. The minimum atomic E-state index is -0.512. The average molecular weight is 501 g/mol. The average Bonchev–Trinajstić information content (AvgIpc) is 2.93. The first kappa shape index (κ1) is 26.6. The summed E-state index contributed by atoms with van der Waals surface area (Å²) in [5.74, 6) is 6.29. The molecule has 1 saturated heterocycles. The number of unbranched alkanes of at least 4 members (excludes halogenated alkanes) is 1. The first-order valence-electron chi connectivity index (χ1n) is 13.1. The molecule has 7 nitrogen and oxygen atoms in total. The second-order valence-electron chi connectivity index (χ2n) is 9.44. The maximum atomic E-state index is 11.8. The van der Waals surface area contributed by atoms with Crippen molar-refractivity contribution in [1.82, 2.24) is 20.2 Å². The molecular formula is C30H36N4O3. The number of benzene rings is 2. The summed E-state index contributed by atoms with van der Waals surface area (Å²) >= 11 is 0. The number of morpholine rings is 1. The highest BCUT2D eigenvalue weighted by Crippen LogP contribution is 2.23. The van der Waals surface area contributed by atoms with Gasteiger partial charge in [0.25, 0.3) is 5.56 Å². The highest BCUT2D eigenvalue weighted by molar-refractivity contribution is 5.44. The Bertz CT molecular complexity index is 1240. The molecule has 1 fully saturated rings. The summed E-state index contributed by atoms with van der Waals surface area (Å²) in [5.41, 5.74) is 4.23. The fraction of sp³-hybridized carbons (Fsp3) is 0.400. The standard InChI is InChI=1S/C30H36N4O3/c1-2-3-14-31-20-27(19-28-29(35)30(36)33-22-32-28)26-12-10-24(11-13-26)5-4-23-6-8-25(9-7-23)21-34-15-17-37-18-16-34/h6-13,22,27,31,35H,2-3,14-21H2,1H3,(H,32,33,36). The Morgan fingerprint density at radius 2 is 1.76 bits per heavy atom. The van der Waals surface area contributed by atoms with Crippen LogP contribution in [0.15, 0.2) is 59.7 Å². The number of aromatic hydroxyl groups is 1. The Morgan fingerprint density at radius 1 is 1.08 bits per heavy atom. The van der Waals surface area contributed by atoms with Gasteiger partial charge in [-0.15, -0.1) is 0 Å². The third-order valence-corrected chi connectivity index (χ3v) is 6.64. The Morgan fingerprint density at radius 3 is 2.43 bits per heavy atom. The molecule has 0 aliphatic carbocycles. The summed E-state index contributed by atoms with van der Waals surface area (Å²) in [6, 6.07) is 16.7. The van der Waals surface area contributed by atoms with Gasteiger partial charge in [0.05, 0.1) is 25.2 Å². The van der Waals surface area contributed by atoms with E-state index in [1.807, 2.05) is 12.1 Å². The van der Waals surface area contributed by atoms with Crippen LogP contribution in [0.5, 0.6) is 5.75 Å². The highest BCUT2D eigenvalue weighted by Gasteiger charge is 2.17. The molecule has 0 bridgehead atoms. The molecule has 37 heavy (non-hydrogen) atoms. The topological polar surface area (TPSA) is 90.5 Å². The van der Waals surface area contributed by atoms with E-state index >= 15 is 0 Å². The molecule has 0 radical (unpaired) electrons. The predicted octanol–water partition coefficient (Wildman–Crippen LogP) is 3.42. The summed E-state index contributed by atoms with van der Waals surface area (Å²) in [5, 5.41) is 13.7. The van der Waals surface area contributed by atoms with Gasteiger partial charge in [0.15, 0.2) is 0 Å². The number of hydrogen-bond donors (Lipinski definition) is 3. The Balaban J connectivity index is 1.41. The zero-order valence-corrected chi connectivity index (χ0v) is 21.5. The lowest BCUT2D eigenvalue weighted by molar-refractivity contribution is 0.0342. The number of H-pyrrole nitrogens is 1. The van der Waals surface area contributed by atoms with E-state index in [1.54, 1.807) is 0 Å². The molecule has 3 aromatic rings. The fourth-order valence-electron chi connectivity index (χ4n) is 4.39. The van der Waals surface area contributed by atoms with Gasteiger partial charge in [-0.3, -0.25) is 9.69 Å². The van der Waals surface area contributed by atoms with Gasteiger partial charge < -0.3 is 20.1 Å². The van der Waals surface area contributed by atoms with E-state index in [0.717, 1.165) is 75.5 Å². The van der Waals surface area contributed by atoms with E-state index in [4.69, 9.17) is 4.74 Å². The van der Waals surface area contributed by atoms with E-state index in [-0.39, 0.29) is 11.7 Å². The lowest BCUT2D eigenvalue weighted by atomic mass is 9.93.